The molecule has 0 aromatic heterocycles. The van der Waals surface area contributed by atoms with Crippen LogP contribution in [0.4, 0.5) is 10.5 Å². The molecule has 11 heteroatoms. The maximum atomic E-state index is 12.8. The number of amides is 2. The molecule has 33 heavy (non-hydrogen) atoms. The summed E-state index contributed by atoms with van der Waals surface area (Å²) < 4.78 is 37.0. The van der Waals surface area contributed by atoms with E-state index in [4.69, 9.17) is 9.47 Å². The summed E-state index contributed by atoms with van der Waals surface area (Å²) in [5.74, 6) is -1.38. The lowest BCUT2D eigenvalue weighted by Crippen LogP contribution is -2.45. The van der Waals surface area contributed by atoms with Gasteiger partial charge in [-0.15, -0.1) is 0 Å². The number of para-hydroxylation sites is 1. The second kappa shape index (κ2) is 10.2. The SMILES string of the molecule is CCOC(=O)C1=C(COC(=O)c2ccc(S(=O)(=O)N(C)c3ccccc3)cc2)NC(=O)NC1. The molecule has 0 bridgehead atoms. The third-order valence-corrected chi connectivity index (χ3v) is 6.59. The molecule has 0 unspecified atom stereocenters. The average molecular weight is 474 g/mol. The van der Waals surface area contributed by atoms with Crippen molar-refractivity contribution < 1.29 is 32.3 Å². The molecule has 0 spiro atoms. The van der Waals surface area contributed by atoms with Crippen LogP contribution in [0, 0.1) is 0 Å². The van der Waals surface area contributed by atoms with Gasteiger partial charge in [0.15, 0.2) is 0 Å². The minimum absolute atomic E-state index is 0.00308. The summed E-state index contributed by atoms with van der Waals surface area (Å²) in [5, 5.41) is 4.89. The number of ether oxygens (including phenoxy) is 2. The molecule has 0 fully saturated rings. The zero-order chi connectivity index (χ0) is 24.0. The van der Waals surface area contributed by atoms with Gasteiger partial charge < -0.3 is 20.1 Å². The van der Waals surface area contributed by atoms with Crippen LogP contribution in [0.3, 0.4) is 0 Å². The van der Waals surface area contributed by atoms with Crippen LogP contribution in [0.5, 0.6) is 0 Å². The van der Waals surface area contributed by atoms with Gasteiger partial charge in [-0.1, -0.05) is 18.2 Å². The minimum atomic E-state index is -3.82. The monoisotopic (exact) mass is 473 g/mol. The summed E-state index contributed by atoms with van der Waals surface area (Å²) in [6.07, 6.45) is 0. The Balaban J connectivity index is 1.71. The van der Waals surface area contributed by atoms with E-state index in [0.717, 1.165) is 4.31 Å². The van der Waals surface area contributed by atoms with Crippen LogP contribution in [-0.4, -0.2) is 53.2 Å². The van der Waals surface area contributed by atoms with E-state index in [9.17, 15) is 22.8 Å². The minimum Gasteiger partial charge on any atom is -0.463 e. The maximum absolute atomic E-state index is 12.8. The van der Waals surface area contributed by atoms with E-state index in [0.29, 0.717) is 5.69 Å². The van der Waals surface area contributed by atoms with Gasteiger partial charge in [-0.2, -0.15) is 0 Å². The molecule has 3 rings (SSSR count). The largest absolute Gasteiger partial charge is 0.463 e. The molecule has 2 N–H and O–H groups in total. The number of hydrogen-bond donors (Lipinski definition) is 2. The molecular weight excluding hydrogens is 450 g/mol. The summed E-state index contributed by atoms with van der Waals surface area (Å²) >= 11 is 0. The highest BCUT2D eigenvalue weighted by Gasteiger charge is 2.25. The molecule has 2 amide bonds. The van der Waals surface area contributed by atoms with Gasteiger partial charge in [0, 0.05) is 7.05 Å². The number of sulfonamides is 1. The molecule has 0 atom stereocenters. The Hall–Kier alpha value is -3.86. The van der Waals surface area contributed by atoms with Crippen LogP contribution in [-0.2, 0) is 24.3 Å². The quantitative estimate of drug-likeness (QED) is 0.559. The predicted molar refractivity (Wildman–Crippen MR) is 119 cm³/mol. The number of nitrogens with one attached hydrogen (secondary N) is 2. The topological polar surface area (TPSA) is 131 Å². The second-order valence-electron chi connectivity index (χ2n) is 6.89. The summed E-state index contributed by atoms with van der Waals surface area (Å²) in [6, 6.07) is 13.3. The molecule has 2 aromatic rings. The second-order valence-corrected chi connectivity index (χ2v) is 8.86. The highest BCUT2D eigenvalue weighted by molar-refractivity contribution is 7.92. The van der Waals surface area contributed by atoms with E-state index in [-0.39, 0.29) is 41.5 Å². The van der Waals surface area contributed by atoms with E-state index < -0.39 is 28.0 Å². The Bertz CT molecular complexity index is 1180. The number of nitrogens with zero attached hydrogens (tertiary/aromatic N) is 1. The number of rotatable bonds is 8. The molecule has 10 nitrogen and oxygen atoms in total. The lowest BCUT2D eigenvalue weighted by Gasteiger charge is -2.21. The Kier molecular flexibility index (Phi) is 7.34. The van der Waals surface area contributed by atoms with Crippen molar-refractivity contribution >= 4 is 33.7 Å². The van der Waals surface area contributed by atoms with Gasteiger partial charge >= 0.3 is 18.0 Å². The van der Waals surface area contributed by atoms with E-state index >= 15 is 0 Å². The molecule has 2 aromatic carbocycles. The Morgan fingerprint density at radius 3 is 2.30 bits per heavy atom. The van der Waals surface area contributed by atoms with Gasteiger partial charge in [0.1, 0.15) is 6.61 Å². The van der Waals surface area contributed by atoms with Crippen molar-refractivity contribution in [3.63, 3.8) is 0 Å². The number of esters is 2. The van der Waals surface area contributed by atoms with Crippen molar-refractivity contribution in [1.29, 1.82) is 0 Å². The van der Waals surface area contributed by atoms with Crippen molar-refractivity contribution in [2.24, 2.45) is 0 Å². The van der Waals surface area contributed by atoms with Crippen LogP contribution in [0.1, 0.15) is 17.3 Å². The van der Waals surface area contributed by atoms with Gasteiger partial charge in [-0.3, -0.25) is 4.31 Å². The van der Waals surface area contributed by atoms with Gasteiger partial charge in [-0.05, 0) is 43.3 Å². The Morgan fingerprint density at radius 2 is 1.67 bits per heavy atom. The number of hydrogen-bond acceptors (Lipinski definition) is 7. The molecule has 0 saturated carbocycles. The highest BCUT2D eigenvalue weighted by atomic mass is 32.2. The molecule has 1 aliphatic heterocycles. The fraction of sp³-hybridized carbons (Fsp3) is 0.227. The zero-order valence-corrected chi connectivity index (χ0v) is 18.8. The van der Waals surface area contributed by atoms with Crippen molar-refractivity contribution in [1.82, 2.24) is 10.6 Å². The lowest BCUT2D eigenvalue weighted by atomic mass is 10.1. The summed E-state index contributed by atoms with van der Waals surface area (Å²) in [5.41, 5.74) is 0.870. The van der Waals surface area contributed by atoms with Crippen molar-refractivity contribution in [3.05, 3.63) is 71.4 Å². The number of urea groups is 1. The lowest BCUT2D eigenvalue weighted by molar-refractivity contribution is -0.138. The average Bonchev–Trinajstić information content (AvgIpc) is 2.82. The maximum Gasteiger partial charge on any atom is 0.338 e. The summed E-state index contributed by atoms with van der Waals surface area (Å²) in [7, 11) is -2.38. The van der Waals surface area contributed by atoms with E-state index in [1.807, 2.05) is 0 Å². The summed E-state index contributed by atoms with van der Waals surface area (Å²) in [6.45, 7) is 1.38. The fourth-order valence-electron chi connectivity index (χ4n) is 2.99. The first-order valence-corrected chi connectivity index (χ1v) is 11.4. The van der Waals surface area contributed by atoms with Crippen molar-refractivity contribution in [3.8, 4) is 0 Å². The summed E-state index contributed by atoms with van der Waals surface area (Å²) in [4.78, 5) is 36.1. The van der Waals surface area contributed by atoms with E-state index in [1.165, 1.54) is 31.3 Å². The van der Waals surface area contributed by atoms with Gasteiger partial charge in [-0.25, -0.2) is 22.8 Å². The Morgan fingerprint density at radius 1 is 1.00 bits per heavy atom. The van der Waals surface area contributed by atoms with Crippen LogP contribution in [0.15, 0.2) is 70.8 Å². The Labute approximate surface area is 191 Å². The third-order valence-electron chi connectivity index (χ3n) is 4.79. The number of carbonyl (C=O) groups is 3. The first-order chi connectivity index (χ1) is 15.7. The number of benzene rings is 2. The first kappa shape index (κ1) is 23.8. The number of carbonyl (C=O) groups excluding carboxylic acids is 3. The van der Waals surface area contributed by atoms with Crippen molar-refractivity contribution in [2.45, 2.75) is 11.8 Å². The standard InChI is InChI=1S/C22H23N3O7S/c1-3-31-21(27)18-13-23-22(28)24-19(18)14-32-20(26)15-9-11-17(12-10-15)33(29,30)25(2)16-7-5-4-6-8-16/h4-12H,3,13-14H2,1-2H3,(H2,23,24,28). The smallest absolute Gasteiger partial charge is 0.338 e. The molecule has 0 saturated heterocycles. The molecule has 1 aliphatic rings. The van der Waals surface area contributed by atoms with Gasteiger partial charge in [0.2, 0.25) is 0 Å². The van der Waals surface area contributed by atoms with Crippen molar-refractivity contribution in [2.75, 3.05) is 31.1 Å². The van der Waals surface area contributed by atoms with Crippen LogP contribution in [0.2, 0.25) is 0 Å². The number of anilines is 1. The molecule has 174 valence electrons. The van der Waals surface area contributed by atoms with Crippen LogP contribution in [0.25, 0.3) is 0 Å². The van der Waals surface area contributed by atoms with E-state index in [2.05, 4.69) is 10.6 Å². The molecular formula is C22H23N3O7S. The predicted octanol–water partition coefficient (Wildman–Crippen LogP) is 1.80. The van der Waals surface area contributed by atoms with Crippen LogP contribution >= 0.6 is 0 Å². The van der Waals surface area contributed by atoms with E-state index in [1.54, 1.807) is 37.3 Å². The molecule has 0 aliphatic carbocycles. The van der Waals surface area contributed by atoms with Crippen LogP contribution < -0.4 is 14.9 Å². The fourth-order valence-corrected chi connectivity index (χ4v) is 4.18. The molecule has 0 radical (unpaired) electrons. The third kappa shape index (κ3) is 5.50. The van der Waals surface area contributed by atoms with Gasteiger partial charge in [0.05, 0.1) is 40.6 Å². The van der Waals surface area contributed by atoms with Gasteiger partial charge in [0.25, 0.3) is 10.0 Å². The molecule has 1 heterocycles. The highest BCUT2D eigenvalue weighted by Crippen LogP contribution is 2.22. The zero-order valence-electron chi connectivity index (χ0n) is 18.0. The normalized spacial score (nSPS) is 13.6. The first-order valence-electron chi connectivity index (χ1n) is 9.99.